The van der Waals surface area contributed by atoms with Crippen molar-refractivity contribution in [2.75, 3.05) is 6.61 Å². The molecule has 0 aliphatic carbocycles. The lowest BCUT2D eigenvalue weighted by Gasteiger charge is -2.13. The van der Waals surface area contributed by atoms with Crippen LogP contribution < -0.4 is 0 Å². The summed E-state index contributed by atoms with van der Waals surface area (Å²) in [6.07, 6.45) is -0.585. The van der Waals surface area contributed by atoms with E-state index in [0.29, 0.717) is 5.56 Å². The quantitative estimate of drug-likeness (QED) is 0.794. The maximum atomic E-state index is 11.8. The maximum Gasteiger partial charge on any atom is 0.338 e. The summed E-state index contributed by atoms with van der Waals surface area (Å²) in [4.78, 5) is 22.7. The van der Waals surface area contributed by atoms with Crippen LogP contribution in [0, 0.1) is 0 Å². The molecule has 0 saturated carbocycles. The van der Waals surface area contributed by atoms with Crippen LogP contribution in [0.25, 0.3) is 0 Å². The van der Waals surface area contributed by atoms with E-state index in [0.717, 1.165) is 0 Å². The molecule has 1 saturated heterocycles. The zero-order valence-electron chi connectivity index (χ0n) is 11.3. The molecule has 5 nitrogen and oxygen atoms in total. The van der Waals surface area contributed by atoms with Gasteiger partial charge in [-0.15, -0.1) is 11.8 Å². The molecule has 1 fully saturated rings. The second-order valence-electron chi connectivity index (χ2n) is 4.35. The fourth-order valence-electron chi connectivity index (χ4n) is 1.76. The number of thioether (sulfide) groups is 1. The van der Waals surface area contributed by atoms with Gasteiger partial charge in [-0.3, -0.25) is 4.79 Å². The summed E-state index contributed by atoms with van der Waals surface area (Å²) in [6.45, 7) is 3.36. The molecule has 0 bridgehead atoms. The van der Waals surface area contributed by atoms with Crippen molar-refractivity contribution in [3.8, 4) is 0 Å². The highest BCUT2D eigenvalue weighted by Crippen LogP contribution is 2.33. The molecular formula is C14H16O5S. The number of esters is 2. The average molecular weight is 296 g/mol. The largest absolute Gasteiger partial charge is 0.458 e. The van der Waals surface area contributed by atoms with Gasteiger partial charge in [-0.05, 0) is 19.1 Å². The third-order valence-electron chi connectivity index (χ3n) is 2.68. The summed E-state index contributed by atoms with van der Waals surface area (Å²) in [6, 6.07) is 8.76. The van der Waals surface area contributed by atoms with Crippen LogP contribution >= 0.6 is 11.8 Å². The molecule has 6 heteroatoms. The van der Waals surface area contributed by atoms with Gasteiger partial charge in [-0.1, -0.05) is 18.2 Å². The number of ether oxygens (including phenoxy) is 3. The van der Waals surface area contributed by atoms with Crippen LogP contribution in [0.1, 0.15) is 24.2 Å². The Kier molecular flexibility index (Phi) is 5.03. The van der Waals surface area contributed by atoms with Crippen molar-refractivity contribution in [2.45, 2.75) is 30.8 Å². The summed E-state index contributed by atoms with van der Waals surface area (Å²) < 4.78 is 15.7. The van der Waals surface area contributed by atoms with Crippen LogP contribution in [0.5, 0.6) is 0 Å². The maximum absolute atomic E-state index is 11.8. The predicted molar refractivity (Wildman–Crippen MR) is 74.2 cm³/mol. The van der Waals surface area contributed by atoms with Crippen molar-refractivity contribution < 1.29 is 23.8 Å². The molecule has 1 aliphatic rings. The standard InChI is InChI=1S/C14H16O5S/c1-9-14(18-10(2)15)19-12(20-9)8-17-13(16)11-6-4-3-5-7-11/h3-7,9,12,14H,8H2,1-2H3/t9-,12+,14?/m1/s1. The van der Waals surface area contributed by atoms with E-state index in [1.807, 2.05) is 13.0 Å². The van der Waals surface area contributed by atoms with Crippen molar-refractivity contribution in [1.82, 2.24) is 0 Å². The van der Waals surface area contributed by atoms with Crippen molar-refractivity contribution in [3.63, 3.8) is 0 Å². The molecule has 1 aromatic rings. The highest BCUT2D eigenvalue weighted by Gasteiger charge is 2.35. The molecule has 3 atom stereocenters. The first-order valence-corrected chi connectivity index (χ1v) is 7.21. The zero-order valence-corrected chi connectivity index (χ0v) is 12.1. The number of carbonyl (C=O) groups excluding carboxylic acids is 2. The van der Waals surface area contributed by atoms with Gasteiger partial charge in [0.1, 0.15) is 12.0 Å². The van der Waals surface area contributed by atoms with E-state index in [1.54, 1.807) is 24.3 Å². The minimum absolute atomic E-state index is 0.0133. The Morgan fingerprint density at radius 1 is 1.30 bits per heavy atom. The molecule has 1 heterocycles. The molecule has 1 aliphatic heterocycles. The lowest BCUT2D eigenvalue weighted by Crippen LogP contribution is -2.25. The molecule has 1 unspecified atom stereocenters. The van der Waals surface area contributed by atoms with Crippen molar-refractivity contribution >= 4 is 23.7 Å². The van der Waals surface area contributed by atoms with Crippen LogP contribution in [0.3, 0.4) is 0 Å². The average Bonchev–Trinajstić information content (AvgIpc) is 2.77. The molecule has 20 heavy (non-hydrogen) atoms. The highest BCUT2D eigenvalue weighted by molar-refractivity contribution is 8.00. The van der Waals surface area contributed by atoms with E-state index in [9.17, 15) is 9.59 Å². The molecule has 1 aromatic carbocycles. The second-order valence-corrected chi connectivity index (χ2v) is 5.89. The van der Waals surface area contributed by atoms with Gasteiger partial charge in [-0.2, -0.15) is 0 Å². The molecule has 0 N–H and O–H groups in total. The molecule has 108 valence electrons. The Bertz CT molecular complexity index is 476. The number of rotatable bonds is 4. The zero-order chi connectivity index (χ0) is 14.5. The van der Waals surface area contributed by atoms with Gasteiger partial charge < -0.3 is 14.2 Å². The normalized spacial score (nSPS) is 25.2. The van der Waals surface area contributed by atoms with Crippen molar-refractivity contribution in [3.05, 3.63) is 35.9 Å². The smallest absolute Gasteiger partial charge is 0.338 e. The Balaban J connectivity index is 1.81. The van der Waals surface area contributed by atoms with Crippen LogP contribution in [0.2, 0.25) is 0 Å². The third kappa shape index (κ3) is 3.98. The first-order valence-electron chi connectivity index (χ1n) is 6.26. The summed E-state index contributed by atoms with van der Waals surface area (Å²) in [7, 11) is 0. The summed E-state index contributed by atoms with van der Waals surface area (Å²) in [5.41, 5.74) is 0.182. The second kappa shape index (κ2) is 6.76. The number of carbonyl (C=O) groups is 2. The van der Waals surface area contributed by atoms with Crippen molar-refractivity contribution in [2.24, 2.45) is 0 Å². The predicted octanol–water partition coefficient (Wildman–Crippen LogP) is 2.21. The summed E-state index contributed by atoms with van der Waals surface area (Å²) in [5, 5.41) is 0.0133. The van der Waals surface area contributed by atoms with Crippen LogP contribution in [0.15, 0.2) is 30.3 Å². The highest BCUT2D eigenvalue weighted by atomic mass is 32.2. The third-order valence-corrected chi connectivity index (χ3v) is 3.88. The van der Waals surface area contributed by atoms with Gasteiger partial charge >= 0.3 is 11.9 Å². The van der Waals surface area contributed by atoms with Gasteiger partial charge in [0.15, 0.2) is 0 Å². The van der Waals surface area contributed by atoms with E-state index in [2.05, 4.69) is 0 Å². The summed E-state index contributed by atoms with van der Waals surface area (Å²) in [5.74, 6) is -0.775. The Hall–Kier alpha value is -1.53. The van der Waals surface area contributed by atoms with Gasteiger partial charge in [0.05, 0.1) is 10.8 Å². The van der Waals surface area contributed by atoms with Gasteiger partial charge in [0.25, 0.3) is 0 Å². The molecule has 0 radical (unpaired) electrons. The molecule has 0 amide bonds. The summed E-state index contributed by atoms with van der Waals surface area (Å²) >= 11 is 1.48. The van der Waals surface area contributed by atoms with E-state index in [-0.39, 0.29) is 23.3 Å². The van der Waals surface area contributed by atoms with Crippen LogP contribution in [-0.4, -0.2) is 35.5 Å². The molecule has 2 rings (SSSR count). The lowest BCUT2D eigenvalue weighted by atomic mass is 10.2. The monoisotopic (exact) mass is 296 g/mol. The minimum Gasteiger partial charge on any atom is -0.458 e. The molecule has 0 spiro atoms. The Morgan fingerprint density at radius 3 is 2.65 bits per heavy atom. The minimum atomic E-state index is -0.585. The fourth-order valence-corrected chi connectivity index (χ4v) is 2.81. The first-order chi connectivity index (χ1) is 9.56. The van der Waals surface area contributed by atoms with Gasteiger partial charge in [0, 0.05) is 6.92 Å². The number of benzene rings is 1. The SMILES string of the molecule is CC(=O)OC1O[C@H](COC(=O)c2ccccc2)S[C@@H]1C. The first kappa shape index (κ1) is 14.9. The van der Waals surface area contributed by atoms with E-state index in [4.69, 9.17) is 14.2 Å². The topological polar surface area (TPSA) is 61.8 Å². The Morgan fingerprint density at radius 2 is 2.00 bits per heavy atom. The van der Waals surface area contributed by atoms with Gasteiger partial charge in [-0.25, -0.2) is 4.79 Å². The van der Waals surface area contributed by atoms with E-state index in [1.165, 1.54) is 18.7 Å². The van der Waals surface area contributed by atoms with Crippen LogP contribution in [-0.2, 0) is 19.0 Å². The lowest BCUT2D eigenvalue weighted by molar-refractivity contribution is -0.175. The number of hydrogen-bond acceptors (Lipinski definition) is 6. The fraction of sp³-hybridized carbons (Fsp3) is 0.429. The van der Waals surface area contributed by atoms with E-state index >= 15 is 0 Å². The van der Waals surface area contributed by atoms with Gasteiger partial charge in [0.2, 0.25) is 6.29 Å². The molecule has 0 aromatic heterocycles. The Labute approximate surface area is 121 Å². The number of hydrogen-bond donors (Lipinski definition) is 0. The molecular weight excluding hydrogens is 280 g/mol. The van der Waals surface area contributed by atoms with Crippen LogP contribution in [0.4, 0.5) is 0 Å². The van der Waals surface area contributed by atoms with E-state index < -0.39 is 12.3 Å². The van der Waals surface area contributed by atoms with Crippen molar-refractivity contribution in [1.29, 1.82) is 0 Å².